The van der Waals surface area contributed by atoms with Crippen LogP contribution in [0.4, 0.5) is 0 Å². The number of benzene rings is 1. The van der Waals surface area contributed by atoms with E-state index in [-0.39, 0.29) is 0 Å². The number of halogens is 1. The van der Waals surface area contributed by atoms with E-state index >= 15 is 0 Å². The standard InChI is InChI=1S/C13H16BrN3O2/c1-3-18-12-6-10(7-14)4-5-11(12)19-8-13-15-9-16-17(13)2/h4-6,9H,3,7-8H2,1-2H3. The highest BCUT2D eigenvalue weighted by atomic mass is 79.9. The maximum absolute atomic E-state index is 5.75. The van der Waals surface area contributed by atoms with Crippen molar-refractivity contribution in [3.05, 3.63) is 35.9 Å². The SMILES string of the molecule is CCOc1cc(CBr)ccc1OCc1ncnn1C. The second kappa shape index (κ2) is 6.56. The first-order chi connectivity index (χ1) is 9.24. The molecule has 0 spiro atoms. The monoisotopic (exact) mass is 325 g/mol. The fourth-order valence-electron chi connectivity index (χ4n) is 1.62. The molecule has 1 aromatic carbocycles. The Bertz CT molecular complexity index is 542. The fourth-order valence-corrected chi connectivity index (χ4v) is 1.97. The number of alkyl halides is 1. The summed E-state index contributed by atoms with van der Waals surface area (Å²) in [5.74, 6) is 2.24. The highest BCUT2D eigenvalue weighted by Gasteiger charge is 2.08. The van der Waals surface area contributed by atoms with Crippen molar-refractivity contribution >= 4 is 15.9 Å². The van der Waals surface area contributed by atoms with Gasteiger partial charge in [0.15, 0.2) is 17.3 Å². The third-order valence-electron chi connectivity index (χ3n) is 2.62. The molecule has 2 aromatic rings. The zero-order valence-electron chi connectivity index (χ0n) is 11.0. The number of nitrogens with zero attached hydrogens (tertiary/aromatic N) is 3. The van der Waals surface area contributed by atoms with Crippen LogP contribution in [0.25, 0.3) is 0 Å². The van der Waals surface area contributed by atoms with Crippen LogP contribution in [-0.2, 0) is 19.0 Å². The van der Waals surface area contributed by atoms with E-state index in [1.165, 1.54) is 6.33 Å². The predicted octanol–water partition coefficient (Wildman–Crippen LogP) is 2.69. The van der Waals surface area contributed by atoms with E-state index in [1.807, 2.05) is 32.2 Å². The number of hydrogen-bond donors (Lipinski definition) is 0. The topological polar surface area (TPSA) is 49.2 Å². The Hall–Kier alpha value is -1.56. The molecular formula is C13H16BrN3O2. The third kappa shape index (κ3) is 3.47. The molecule has 2 rings (SSSR count). The molecular weight excluding hydrogens is 310 g/mol. The maximum Gasteiger partial charge on any atom is 0.164 e. The molecule has 0 fully saturated rings. The maximum atomic E-state index is 5.75. The molecule has 0 unspecified atom stereocenters. The van der Waals surface area contributed by atoms with Crippen LogP contribution in [0.1, 0.15) is 18.3 Å². The van der Waals surface area contributed by atoms with E-state index in [0.29, 0.717) is 13.2 Å². The van der Waals surface area contributed by atoms with Gasteiger partial charge < -0.3 is 9.47 Å². The molecule has 5 nitrogen and oxygen atoms in total. The summed E-state index contributed by atoms with van der Waals surface area (Å²) >= 11 is 3.43. The van der Waals surface area contributed by atoms with Gasteiger partial charge in [-0.15, -0.1) is 0 Å². The minimum Gasteiger partial charge on any atom is -0.490 e. The van der Waals surface area contributed by atoms with E-state index in [9.17, 15) is 0 Å². The Kier molecular flexibility index (Phi) is 4.79. The van der Waals surface area contributed by atoms with Crippen LogP contribution in [-0.4, -0.2) is 21.4 Å². The van der Waals surface area contributed by atoms with Crippen LogP contribution in [0.15, 0.2) is 24.5 Å². The molecule has 0 aliphatic carbocycles. The van der Waals surface area contributed by atoms with Gasteiger partial charge >= 0.3 is 0 Å². The summed E-state index contributed by atoms with van der Waals surface area (Å²) in [5, 5.41) is 4.79. The van der Waals surface area contributed by atoms with Crippen molar-refractivity contribution in [2.45, 2.75) is 18.9 Å². The summed E-state index contributed by atoms with van der Waals surface area (Å²) in [6.45, 7) is 2.92. The van der Waals surface area contributed by atoms with Gasteiger partial charge in [0, 0.05) is 12.4 Å². The molecule has 0 aliphatic rings. The molecule has 0 saturated heterocycles. The van der Waals surface area contributed by atoms with E-state index in [2.05, 4.69) is 26.0 Å². The smallest absolute Gasteiger partial charge is 0.164 e. The molecule has 1 aromatic heterocycles. The normalized spacial score (nSPS) is 10.5. The first-order valence-electron chi connectivity index (χ1n) is 6.02. The van der Waals surface area contributed by atoms with E-state index in [1.54, 1.807) is 4.68 Å². The van der Waals surface area contributed by atoms with Gasteiger partial charge in [-0.05, 0) is 24.6 Å². The number of rotatable bonds is 6. The highest BCUT2D eigenvalue weighted by molar-refractivity contribution is 9.08. The second-order valence-electron chi connectivity index (χ2n) is 3.94. The van der Waals surface area contributed by atoms with Crippen molar-refractivity contribution in [3.63, 3.8) is 0 Å². The Morgan fingerprint density at radius 3 is 2.74 bits per heavy atom. The van der Waals surface area contributed by atoms with Crippen LogP contribution < -0.4 is 9.47 Å². The van der Waals surface area contributed by atoms with Crippen LogP contribution in [0, 0.1) is 0 Å². The molecule has 102 valence electrons. The number of ether oxygens (including phenoxy) is 2. The van der Waals surface area contributed by atoms with Crippen LogP contribution >= 0.6 is 15.9 Å². The molecule has 0 N–H and O–H groups in total. The molecule has 0 bridgehead atoms. The van der Waals surface area contributed by atoms with Crippen LogP contribution in [0.3, 0.4) is 0 Å². The van der Waals surface area contributed by atoms with Gasteiger partial charge in [-0.3, -0.25) is 4.68 Å². The molecule has 6 heteroatoms. The lowest BCUT2D eigenvalue weighted by Crippen LogP contribution is -2.05. The molecule has 0 amide bonds. The summed E-state index contributed by atoms with van der Waals surface area (Å²) in [5.41, 5.74) is 1.15. The summed E-state index contributed by atoms with van der Waals surface area (Å²) in [6.07, 6.45) is 1.51. The lowest BCUT2D eigenvalue weighted by atomic mass is 10.2. The molecule has 0 saturated carbocycles. The average molecular weight is 326 g/mol. The number of hydrogen-bond acceptors (Lipinski definition) is 4. The Morgan fingerprint density at radius 1 is 1.26 bits per heavy atom. The lowest BCUT2D eigenvalue weighted by molar-refractivity contribution is 0.259. The van der Waals surface area contributed by atoms with Crippen molar-refractivity contribution in [1.29, 1.82) is 0 Å². The second-order valence-corrected chi connectivity index (χ2v) is 4.50. The van der Waals surface area contributed by atoms with Gasteiger partial charge in [-0.1, -0.05) is 22.0 Å². The Balaban J connectivity index is 2.12. The van der Waals surface area contributed by atoms with Crippen molar-refractivity contribution < 1.29 is 9.47 Å². The van der Waals surface area contributed by atoms with Gasteiger partial charge in [-0.25, -0.2) is 4.98 Å². The summed E-state index contributed by atoms with van der Waals surface area (Å²) in [6, 6.07) is 5.89. The van der Waals surface area contributed by atoms with Crippen LogP contribution in [0.2, 0.25) is 0 Å². The minimum atomic E-state index is 0.365. The highest BCUT2D eigenvalue weighted by Crippen LogP contribution is 2.29. The molecule has 0 atom stereocenters. The summed E-state index contributed by atoms with van der Waals surface area (Å²) in [4.78, 5) is 4.12. The minimum absolute atomic E-state index is 0.365. The largest absolute Gasteiger partial charge is 0.490 e. The average Bonchev–Trinajstić information content (AvgIpc) is 2.83. The van der Waals surface area contributed by atoms with Gasteiger partial charge in [0.25, 0.3) is 0 Å². The molecule has 1 heterocycles. The third-order valence-corrected chi connectivity index (χ3v) is 3.27. The molecule has 19 heavy (non-hydrogen) atoms. The van der Waals surface area contributed by atoms with Crippen molar-refractivity contribution in [2.75, 3.05) is 6.61 Å². The Morgan fingerprint density at radius 2 is 2.11 bits per heavy atom. The predicted molar refractivity (Wildman–Crippen MR) is 75.6 cm³/mol. The number of aromatic nitrogens is 3. The summed E-state index contributed by atoms with van der Waals surface area (Å²) in [7, 11) is 1.84. The van der Waals surface area contributed by atoms with Gasteiger partial charge in [0.1, 0.15) is 12.9 Å². The van der Waals surface area contributed by atoms with Crippen LogP contribution in [0.5, 0.6) is 11.5 Å². The van der Waals surface area contributed by atoms with Gasteiger partial charge in [0.05, 0.1) is 6.61 Å². The zero-order valence-corrected chi connectivity index (χ0v) is 12.6. The number of aryl methyl sites for hydroxylation is 1. The molecule has 0 aliphatic heterocycles. The van der Waals surface area contributed by atoms with E-state index in [0.717, 1.165) is 28.2 Å². The first-order valence-corrected chi connectivity index (χ1v) is 7.14. The quantitative estimate of drug-likeness (QED) is 0.766. The first kappa shape index (κ1) is 13.9. The summed E-state index contributed by atoms with van der Waals surface area (Å²) < 4.78 is 13.0. The van der Waals surface area contributed by atoms with E-state index in [4.69, 9.17) is 9.47 Å². The fraction of sp³-hybridized carbons (Fsp3) is 0.385. The van der Waals surface area contributed by atoms with Crippen molar-refractivity contribution in [3.8, 4) is 11.5 Å². The zero-order chi connectivity index (χ0) is 13.7. The van der Waals surface area contributed by atoms with Crippen molar-refractivity contribution in [2.24, 2.45) is 7.05 Å². The lowest BCUT2D eigenvalue weighted by Gasteiger charge is -2.12. The molecule has 0 radical (unpaired) electrons. The van der Waals surface area contributed by atoms with Gasteiger partial charge in [-0.2, -0.15) is 5.10 Å². The Labute approximate surface area is 120 Å². The van der Waals surface area contributed by atoms with E-state index < -0.39 is 0 Å². The van der Waals surface area contributed by atoms with Gasteiger partial charge in [0.2, 0.25) is 0 Å². The van der Waals surface area contributed by atoms with Crippen molar-refractivity contribution in [1.82, 2.24) is 14.8 Å².